The van der Waals surface area contributed by atoms with Crippen LogP contribution in [0.15, 0.2) is 85.4 Å². The Bertz CT molecular complexity index is 1130. The van der Waals surface area contributed by atoms with Crippen LogP contribution in [-0.2, 0) is 0 Å². The molecule has 5 rings (SSSR count). The molecular weight excluding hydrogens is 288 g/mol. The standard InChI is InChI=1S/C24H16/c1-2-16-6-8-17(9-7-16)22-14-20-12-10-18-4-3-5-19-11-13-21(15-22)24(20)23(18)19/h2-15H,1H2. The molecule has 112 valence electrons. The van der Waals surface area contributed by atoms with Gasteiger partial charge in [0, 0.05) is 0 Å². The molecule has 0 spiro atoms. The normalized spacial score (nSPS) is 11.5. The van der Waals surface area contributed by atoms with Crippen LogP contribution >= 0.6 is 0 Å². The monoisotopic (exact) mass is 304 g/mol. The zero-order valence-corrected chi connectivity index (χ0v) is 13.3. The lowest BCUT2D eigenvalue weighted by atomic mass is 9.91. The minimum atomic E-state index is 1.15. The summed E-state index contributed by atoms with van der Waals surface area (Å²) in [5.74, 6) is 0. The second-order valence-electron chi connectivity index (χ2n) is 6.33. The molecule has 0 aliphatic heterocycles. The fourth-order valence-electron chi connectivity index (χ4n) is 3.73. The van der Waals surface area contributed by atoms with Crippen molar-refractivity contribution in [3.05, 3.63) is 91.0 Å². The SMILES string of the molecule is C=Cc1ccc(-c2cc3ccc4cccc5ccc(c2)c3c45)cc1. The van der Waals surface area contributed by atoms with E-state index in [1.54, 1.807) is 0 Å². The van der Waals surface area contributed by atoms with Crippen LogP contribution < -0.4 is 0 Å². The molecule has 0 atom stereocenters. The Kier molecular flexibility index (Phi) is 2.74. The zero-order valence-electron chi connectivity index (χ0n) is 13.3. The summed E-state index contributed by atoms with van der Waals surface area (Å²) in [6, 6.07) is 28.7. The van der Waals surface area contributed by atoms with Crippen LogP contribution in [0.4, 0.5) is 0 Å². The Labute approximate surface area is 141 Å². The summed E-state index contributed by atoms with van der Waals surface area (Å²) in [5, 5.41) is 7.99. The highest BCUT2D eigenvalue weighted by atomic mass is 14.1. The van der Waals surface area contributed by atoms with Crippen LogP contribution in [0.2, 0.25) is 0 Å². The number of rotatable bonds is 2. The molecule has 0 fully saturated rings. The van der Waals surface area contributed by atoms with E-state index in [9.17, 15) is 0 Å². The third-order valence-electron chi connectivity index (χ3n) is 4.94. The van der Waals surface area contributed by atoms with Crippen LogP contribution in [0.5, 0.6) is 0 Å². The van der Waals surface area contributed by atoms with Crippen molar-refractivity contribution in [2.24, 2.45) is 0 Å². The Morgan fingerprint density at radius 3 is 1.67 bits per heavy atom. The van der Waals surface area contributed by atoms with E-state index in [1.165, 1.54) is 43.4 Å². The maximum atomic E-state index is 3.83. The predicted molar refractivity (Wildman–Crippen MR) is 106 cm³/mol. The fourth-order valence-corrected chi connectivity index (χ4v) is 3.73. The van der Waals surface area contributed by atoms with Gasteiger partial charge in [0.1, 0.15) is 0 Å². The molecule has 0 N–H and O–H groups in total. The van der Waals surface area contributed by atoms with Crippen molar-refractivity contribution in [3.8, 4) is 11.1 Å². The second kappa shape index (κ2) is 4.94. The first kappa shape index (κ1) is 13.3. The molecule has 0 saturated heterocycles. The van der Waals surface area contributed by atoms with E-state index >= 15 is 0 Å². The molecule has 0 radical (unpaired) electrons. The van der Waals surface area contributed by atoms with E-state index in [4.69, 9.17) is 0 Å². The fraction of sp³-hybridized carbons (Fsp3) is 0. The highest BCUT2D eigenvalue weighted by Gasteiger charge is 2.09. The molecule has 0 saturated carbocycles. The van der Waals surface area contributed by atoms with Gasteiger partial charge in [-0.3, -0.25) is 0 Å². The molecule has 0 aromatic heterocycles. The number of benzene rings is 5. The second-order valence-corrected chi connectivity index (χ2v) is 6.33. The quantitative estimate of drug-likeness (QED) is 0.311. The molecule has 0 aliphatic carbocycles. The lowest BCUT2D eigenvalue weighted by Gasteiger charge is -2.12. The van der Waals surface area contributed by atoms with Crippen molar-refractivity contribution in [3.63, 3.8) is 0 Å². The van der Waals surface area contributed by atoms with Crippen molar-refractivity contribution < 1.29 is 0 Å². The maximum absolute atomic E-state index is 3.83. The van der Waals surface area contributed by atoms with Gasteiger partial charge in [-0.1, -0.05) is 79.4 Å². The van der Waals surface area contributed by atoms with Gasteiger partial charge >= 0.3 is 0 Å². The van der Waals surface area contributed by atoms with Crippen molar-refractivity contribution >= 4 is 38.4 Å². The first-order valence-electron chi connectivity index (χ1n) is 8.24. The molecule has 0 unspecified atom stereocenters. The van der Waals surface area contributed by atoms with Crippen LogP contribution in [-0.4, -0.2) is 0 Å². The van der Waals surface area contributed by atoms with E-state index in [0.29, 0.717) is 0 Å². The smallest absolute Gasteiger partial charge is 0.00264 e. The first-order valence-corrected chi connectivity index (χ1v) is 8.24. The van der Waals surface area contributed by atoms with E-state index in [2.05, 4.69) is 85.4 Å². The summed E-state index contributed by atoms with van der Waals surface area (Å²) in [6.07, 6.45) is 1.88. The Balaban J connectivity index is 1.84. The molecule has 0 nitrogen and oxygen atoms in total. The minimum Gasteiger partial charge on any atom is -0.0985 e. The van der Waals surface area contributed by atoms with Gasteiger partial charge in [0.25, 0.3) is 0 Å². The third-order valence-corrected chi connectivity index (χ3v) is 4.94. The van der Waals surface area contributed by atoms with Crippen molar-refractivity contribution in [1.82, 2.24) is 0 Å². The highest BCUT2D eigenvalue weighted by Crippen LogP contribution is 2.37. The highest BCUT2D eigenvalue weighted by molar-refractivity contribution is 6.23. The molecule has 0 bridgehead atoms. The Morgan fingerprint density at radius 2 is 1.08 bits per heavy atom. The molecule has 0 amide bonds. The molecule has 5 aromatic rings. The van der Waals surface area contributed by atoms with E-state index in [1.807, 2.05) is 6.08 Å². The van der Waals surface area contributed by atoms with Gasteiger partial charge in [-0.25, -0.2) is 0 Å². The summed E-state index contributed by atoms with van der Waals surface area (Å²) in [7, 11) is 0. The average molecular weight is 304 g/mol. The Morgan fingerprint density at radius 1 is 0.542 bits per heavy atom. The lowest BCUT2D eigenvalue weighted by molar-refractivity contribution is 1.63. The third kappa shape index (κ3) is 1.87. The first-order chi connectivity index (χ1) is 11.8. The number of hydrogen-bond donors (Lipinski definition) is 0. The maximum Gasteiger partial charge on any atom is -0.00264 e. The topological polar surface area (TPSA) is 0 Å². The van der Waals surface area contributed by atoms with Crippen LogP contribution in [0.25, 0.3) is 49.5 Å². The summed E-state index contributed by atoms with van der Waals surface area (Å²) in [6.45, 7) is 3.83. The summed E-state index contributed by atoms with van der Waals surface area (Å²) in [5.41, 5.74) is 3.65. The average Bonchev–Trinajstić information content (AvgIpc) is 2.66. The van der Waals surface area contributed by atoms with Crippen molar-refractivity contribution in [2.75, 3.05) is 0 Å². The van der Waals surface area contributed by atoms with Gasteiger partial charge in [-0.05, 0) is 61.1 Å². The molecular formula is C24H16. The van der Waals surface area contributed by atoms with Gasteiger partial charge < -0.3 is 0 Å². The number of hydrogen-bond acceptors (Lipinski definition) is 0. The van der Waals surface area contributed by atoms with E-state index < -0.39 is 0 Å². The largest absolute Gasteiger partial charge is 0.0985 e. The van der Waals surface area contributed by atoms with Gasteiger partial charge in [-0.2, -0.15) is 0 Å². The lowest BCUT2D eigenvalue weighted by Crippen LogP contribution is -1.86. The van der Waals surface area contributed by atoms with Crippen molar-refractivity contribution in [1.29, 1.82) is 0 Å². The molecule has 0 heteroatoms. The van der Waals surface area contributed by atoms with Gasteiger partial charge in [0.2, 0.25) is 0 Å². The van der Waals surface area contributed by atoms with Crippen LogP contribution in [0.3, 0.4) is 0 Å². The molecule has 5 aromatic carbocycles. The summed E-state index contributed by atoms with van der Waals surface area (Å²) >= 11 is 0. The summed E-state index contributed by atoms with van der Waals surface area (Å²) in [4.78, 5) is 0. The minimum absolute atomic E-state index is 1.15. The summed E-state index contributed by atoms with van der Waals surface area (Å²) < 4.78 is 0. The van der Waals surface area contributed by atoms with Gasteiger partial charge in [0.15, 0.2) is 0 Å². The van der Waals surface area contributed by atoms with Crippen molar-refractivity contribution in [2.45, 2.75) is 0 Å². The molecule has 24 heavy (non-hydrogen) atoms. The van der Waals surface area contributed by atoms with Crippen LogP contribution in [0, 0.1) is 0 Å². The van der Waals surface area contributed by atoms with Crippen LogP contribution in [0.1, 0.15) is 5.56 Å². The van der Waals surface area contributed by atoms with E-state index in [-0.39, 0.29) is 0 Å². The van der Waals surface area contributed by atoms with E-state index in [0.717, 1.165) is 5.56 Å². The zero-order chi connectivity index (χ0) is 16.1. The molecule has 0 aliphatic rings. The predicted octanol–water partition coefficient (Wildman–Crippen LogP) is 6.89. The van der Waals surface area contributed by atoms with Gasteiger partial charge in [0.05, 0.1) is 0 Å². The van der Waals surface area contributed by atoms with Gasteiger partial charge in [-0.15, -0.1) is 0 Å². The molecule has 0 heterocycles. The Hall–Kier alpha value is -3.12.